The summed E-state index contributed by atoms with van der Waals surface area (Å²) in [7, 11) is 0. The van der Waals surface area contributed by atoms with Crippen molar-refractivity contribution < 1.29 is 14.9 Å². The molecule has 17 heavy (non-hydrogen) atoms. The first kappa shape index (κ1) is 11.2. The molecule has 0 aromatic carbocycles. The molecular weight excluding hydrogens is 220 g/mol. The van der Waals surface area contributed by atoms with Crippen molar-refractivity contribution in [2.45, 2.75) is 37.8 Å². The van der Waals surface area contributed by atoms with E-state index in [2.05, 4.69) is 9.55 Å². The Morgan fingerprint density at radius 2 is 2.12 bits per heavy atom. The minimum Gasteiger partial charge on any atom is -0.395 e. The van der Waals surface area contributed by atoms with Gasteiger partial charge in [-0.05, 0) is 19.3 Å². The lowest BCUT2D eigenvalue weighted by Crippen LogP contribution is -2.51. The number of imidazole rings is 1. The molecule has 3 heterocycles. The number of aliphatic hydroxyl groups excluding tert-OH is 2. The van der Waals surface area contributed by atoms with E-state index in [1.165, 1.54) is 0 Å². The van der Waals surface area contributed by atoms with Gasteiger partial charge in [-0.1, -0.05) is 0 Å². The summed E-state index contributed by atoms with van der Waals surface area (Å²) in [4.78, 5) is 4.55. The molecule has 0 aliphatic carbocycles. The van der Waals surface area contributed by atoms with E-state index >= 15 is 0 Å². The number of rotatable bonds is 3. The normalized spacial score (nSPS) is 22.0. The van der Waals surface area contributed by atoms with Crippen LogP contribution in [-0.2, 0) is 29.7 Å². The van der Waals surface area contributed by atoms with E-state index in [4.69, 9.17) is 4.74 Å². The molecule has 1 saturated heterocycles. The second-order valence-corrected chi connectivity index (χ2v) is 5.03. The molecule has 1 aromatic rings. The highest BCUT2D eigenvalue weighted by Crippen LogP contribution is 2.34. The summed E-state index contributed by atoms with van der Waals surface area (Å²) in [6.45, 7) is 2.06. The zero-order chi connectivity index (χ0) is 11.9. The van der Waals surface area contributed by atoms with Crippen molar-refractivity contribution in [2.75, 3.05) is 19.8 Å². The van der Waals surface area contributed by atoms with Crippen LogP contribution in [0.2, 0.25) is 0 Å². The van der Waals surface area contributed by atoms with E-state index in [1.807, 2.05) is 0 Å². The highest BCUT2D eigenvalue weighted by atomic mass is 16.5. The number of hydrogen-bond acceptors (Lipinski definition) is 4. The number of aliphatic hydroxyl groups is 2. The fraction of sp³-hybridized carbons (Fsp3) is 0.750. The van der Waals surface area contributed by atoms with Crippen molar-refractivity contribution in [2.24, 2.45) is 0 Å². The fourth-order valence-electron chi connectivity index (χ4n) is 2.79. The predicted molar refractivity (Wildman–Crippen MR) is 60.7 cm³/mol. The highest BCUT2D eigenvalue weighted by Gasteiger charge is 2.44. The summed E-state index contributed by atoms with van der Waals surface area (Å²) in [6, 6.07) is 0. The summed E-state index contributed by atoms with van der Waals surface area (Å²) in [5.41, 5.74) is 1.59. The van der Waals surface area contributed by atoms with Gasteiger partial charge in [0.25, 0.3) is 0 Å². The molecule has 0 unspecified atom stereocenters. The van der Waals surface area contributed by atoms with Gasteiger partial charge in [0, 0.05) is 12.2 Å². The van der Waals surface area contributed by atoms with Crippen molar-refractivity contribution in [3.63, 3.8) is 0 Å². The number of aromatic nitrogens is 2. The minimum absolute atomic E-state index is 0.0162. The Kier molecular flexibility index (Phi) is 2.69. The summed E-state index contributed by atoms with van der Waals surface area (Å²) >= 11 is 0. The van der Waals surface area contributed by atoms with E-state index in [1.54, 1.807) is 0 Å². The predicted octanol–water partition coefficient (Wildman–Crippen LogP) is -0.0280. The molecular formula is C12H18N2O3. The Morgan fingerprint density at radius 3 is 2.71 bits per heavy atom. The average Bonchev–Trinajstić information content (AvgIpc) is 2.68. The number of nitrogens with zero attached hydrogens (tertiary/aromatic N) is 2. The quantitative estimate of drug-likeness (QED) is 0.776. The molecule has 0 atom stereocenters. The molecule has 2 N–H and O–H groups in total. The fourth-order valence-corrected chi connectivity index (χ4v) is 2.79. The van der Waals surface area contributed by atoms with Gasteiger partial charge in [-0.25, -0.2) is 4.98 Å². The van der Waals surface area contributed by atoms with Gasteiger partial charge in [-0.15, -0.1) is 0 Å². The third-order valence-corrected chi connectivity index (χ3v) is 3.88. The summed E-state index contributed by atoms with van der Waals surface area (Å²) in [5, 5.41) is 18.9. The first-order valence-electron chi connectivity index (χ1n) is 6.19. The van der Waals surface area contributed by atoms with Gasteiger partial charge in [-0.2, -0.15) is 0 Å². The van der Waals surface area contributed by atoms with Crippen molar-refractivity contribution in [1.29, 1.82) is 0 Å². The molecule has 0 saturated carbocycles. The van der Waals surface area contributed by atoms with E-state index in [-0.39, 0.29) is 18.6 Å². The average molecular weight is 238 g/mol. The Bertz CT molecular complexity index is 418. The smallest absolute Gasteiger partial charge is 0.122 e. The van der Waals surface area contributed by atoms with Crippen LogP contribution < -0.4 is 0 Å². The zero-order valence-corrected chi connectivity index (χ0v) is 9.85. The lowest BCUT2D eigenvalue weighted by atomic mass is 9.85. The van der Waals surface area contributed by atoms with Crippen LogP contribution in [0.15, 0.2) is 0 Å². The van der Waals surface area contributed by atoms with Gasteiger partial charge in [-0.3, -0.25) is 0 Å². The molecule has 0 bridgehead atoms. The van der Waals surface area contributed by atoms with Gasteiger partial charge in [0.1, 0.15) is 5.82 Å². The molecule has 3 rings (SSSR count). The molecule has 0 spiro atoms. The van der Waals surface area contributed by atoms with Crippen molar-refractivity contribution in [3.05, 3.63) is 17.2 Å². The number of ether oxygens (including phenoxy) is 1. The van der Waals surface area contributed by atoms with Gasteiger partial charge < -0.3 is 19.5 Å². The Hall–Kier alpha value is -0.910. The maximum absolute atomic E-state index is 9.58. The molecule has 2 aliphatic rings. The van der Waals surface area contributed by atoms with Crippen LogP contribution in [-0.4, -0.2) is 39.6 Å². The molecule has 0 radical (unpaired) electrons. The van der Waals surface area contributed by atoms with Crippen molar-refractivity contribution in [3.8, 4) is 0 Å². The van der Waals surface area contributed by atoms with Crippen LogP contribution in [0, 0.1) is 0 Å². The summed E-state index contributed by atoms with van der Waals surface area (Å²) in [5.74, 6) is 0.907. The Morgan fingerprint density at radius 1 is 1.29 bits per heavy atom. The van der Waals surface area contributed by atoms with E-state index in [9.17, 15) is 10.2 Å². The summed E-state index contributed by atoms with van der Waals surface area (Å²) in [6.07, 6.45) is 3.27. The highest BCUT2D eigenvalue weighted by molar-refractivity contribution is 5.25. The number of hydrogen-bond donors (Lipinski definition) is 2. The van der Waals surface area contributed by atoms with Gasteiger partial charge in [0.05, 0.1) is 37.5 Å². The second kappa shape index (κ2) is 4.08. The molecule has 5 nitrogen and oxygen atoms in total. The minimum atomic E-state index is -0.334. The zero-order valence-electron chi connectivity index (χ0n) is 9.85. The van der Waals surface area contributed by atoms with Crippen LogP contribution in [0.3, 0.4) is 0 Å². The van der Waals surface area contributed by atoms with Crippen LogP contribution in [0.1, 0.15) is 30.1 Å². The lowest BCUT2D eigenvalue weighted by Gasteiger charge is -2.39. The number of fused-ring (bicyclic) bond motifs is 1. The molecule has 1 fully saturated rings. The third kappa shape index (κ3) is 1.53. The van der Waals surface area contributed by atoms with E-state index in [0.29, 0.717) is 13.2 Å². The molecule has 2 aliphatic heterocycles. The summed E-state index contributed by atoms with van der Waals surface area (Å²) < 4.78 is 7.43. The SMILES string of the molecule is OCc1nc(C2(CO)COC2)n2c1CCCC2. The van der Waals surface area contributed by atoms with Gasteiger partial charge >= 0.3 is 0 Å². The maximum atomic E-state index is 9.58. The monoisotopic (exact) mass is 238 g/mol. The van der Waals surface area contributed by atoms with Crippen molar-refractivity contribution in [1.82, 2.24) is 9.55 Å². The largest absolute Gasteiger partial charge is 0.395 e. The molecule has 94 valence electrons. The van der Waals surface area contributed by atoms with Gasteiger partial charge in [0.15, 0.2) is 0 Å². The van der Waals surface area contributed by atoms with Crippen molar-refractivity contribution >= 4 is 0 Å². The van der Waals surface area contributed by atoms with Crippen LogP contribution in [0.4, 0.5) is 0 Å². The second-order valence-electron chi connectivity index (χ2n) is 5.03. The molecule has 1 aromatic heterocycles. The first-order valence-corrected chi connectivity index (χ1v) is 6.19. The third-order valence-electron chi connectivity index (χ3n) is 3.88. The Labute approximate surface area is 100 Å². The topological polar surface area (TPSA) is 67.5 Å². The van der Waals surface area contributed by atoms with E-state index in [0.717, 1.165) is 43.0 Å². The maximum Gasteiger partial charge on any atom is 0.122 e. The first-order chi connectivity index (χ1) is 8.30. The molecule has 0 amide bonds. The standard InChI is InChI=1S/C12H18N2O3/c15-5-9-10-3-1-2-4-14(10)11(13-9)12(6-16)7-17-8-12/h15-16H,1-8H2. The molecule has 5 heteroatoms. The van der Waals surface area contributed by atoms with Crippen LogP contribution >= 0.6 is 0 Å². The van der Waals surface area contributed by atoms with Gasteiger partial charge in [0.2, 0.25) is 0 Å². The van der Waals surface area contributed by atoms with Crippen LogP contribution in [0.5, 0.6) is 0 Å². The lowest BCUT2D eigenvalue weighted by molar-refractivity contribution is -0.0901. The Balaban J connectivity index is 2.07. The van der Waals surface area contributed by atoms with E-state index < -0.39 is 0 Å². The van der Waals surface area contributed by atoms with Crippen LogP contribution in [0.25, 0.3) is 0 Å².